The number of carbonyl (C=O) groups is 1. The summed E-state index contributed by atoms with van der Waals surface area (Å²) in [6.07, 6.45) is 5.15. The Bertz CT molecular complexity index is 627. The first-order valence-corrected chi connectivity index (χ1v) is 6.97. The summed E-state index contributed by atoms with van der Waals surface area (Å²) in [5.74, 6) is -0.0696. The van der Waals surface area contributed by atoms with Crippen molar-refractivity contribution in [2.45, 2.75) is 26.3 Å². The highest BCUT2D eigenvalue weighted by Gasteiger charge is 2.11. The number of ether oxygens (including phenoxy) is 1. The highest BCUT2D eigenvalue weighted by atomic mass is 16.5. The lowest BCUT2D eigenvalue weighted by molar-refractivity contribution is -0.134. The van der Waals surface area contributed by atoms with Gasteiger partial charge in [-0.15, -0.1) is 0 Å². The normalized spacial score (nSPS) is 11.2. The third-order valence-electron chi connectivity index (χ3n) is 3.15. The van der Waals surface area contributed by atoms with Crippen molar-refractivity contribution < 1.29 is 9.53 Å². The molecule has 0 aliphatic heterocycles. The Morgan fingerprint density at radius 1 is 1.33 bits per heavy atom. The summed E-state index contributed by atoms with van der Waals surface area (Å²) >= 11 is 0. The standard InChI is InChI=1S/C17H20N2O2/c1-13(2)17-15(9-10-16(20)21-3)12-19(18-17)11-14-7-5-4-6-8-14/h4-10,12-13H,11H2,1-3H3/b10-9+. The predicted molar refractivity (Wildman–Crippen MR) is 82.9 cm³/mol. The van der Waals surface area contributed by atoms with Crippen molar-refractivity contribution in [1.82, 2.24) is 9.78 Å². The molecule has 0 bridgehead atoms. The molecule has 0 atom stereocenters. The van der Waals surface area contributed by atoms with E-state index in [9.17, 15) is 4.79 Å². The summed E-state index contributed by atoms with van der Waals surface area (Å²) < 4.78 is 6.53. The number of hydrogen-bond donors (Lipinski definition) is 0. The summed E-state index contributed by atoms with van der Waals surface area (Å²) in [5, 5.41) is 4.62. The summed E-state index contributed by atoms with van der Waals surface area (Å²) in [6.45, 7) is 4.89. The Morgan fingerprint density at radius 3 is 2.67 bits per heavy atom. The predicted octanol–water partition coefficient (Wildman–Crippen LogP) is 3.24. The van der Waals surface area contributed by atoms with Crippen LogP contribution in [0.1, 0.15) is 36.6 Å². The van der Waals surface area contributed by atoms with Crippen LogP contribution in [0.4, 0.5) is 0 Å². The van der Waals surface area contributed by atoms with E-state index in [0.717, 1.165) is 11.3 Å². The van der Waals surface area contributed by atoms with Crippen LogP contribution in [0.25, 0.3) is 6.08 Å². The van der Waals surface area contributed by atoms with E-state index in [2.05, 4.69) is 35.8 Å². The van der Waals surface area contributed by atoms with E-state index >= 15 is 0 Å². The number of hydrogen-bond acceptors (Lipinski definition) is 3. The van der Waals surface area contributed by atoms with E-state index in [1.165, 1.54) is 18.7 Å². The molecule has 21 heavy (non-hydrogen) atoms. The second kappa shape index (κ2) is 6.88. The smallest absolute Gasteiger partial charge is 0.330 e. The van der Waals surface area contributed by atoms with Crippen LogP contribution in [0.3, 0.4) is 0 Å². The maximum Gasteiger partial charge on any atom is 0.330 e. The zero-order valence-corrected chi connectivity index (χ0v) is 12.6. The zero-order chi connectivity index (χ0) is 15.2. The minimum atomic E-state index is -0.361. The fourth-order valence-electron chi connectivity index (χ4n) is 2.11. The van der Waals surface area contributed by atoms with Gasteiger partial charge in [-0.25, -0.2) is 4.79 Å². The molecule has 0 aliphatic carbocycles. The van der Waals surface area contributed by atoms with Crippen LogP contribution in [0, 0.1) is 0 Å². The molecule has 0 N–H and O–H groups in total. The van der Waals surface area contributed by atoms with Gasteiger partial charge in [0.25, 0.3) is 0 Å². The van der Waals surface area contributed by atoms with Crippen molar-refractivity contribution in [3.05, 3.63) is 59.4 Å². The monoisotopic (exact) mass is 284 g/mol. The number of carbonyl (C=O) groups excluding carboxylic acids is 1. The summed E-state index contributed by atoms with van der Waals surface area (Å²) in [5.41, 5.74) is 3.12. The van der Waals surface area contributed by atoms with Crippen molar-refractivity contribution in [2.24, 2.45) is 0 Å². The molecular formula is C17H20N2O2. The fraction of sp³-hybridized carbons (Fsp3) is 0.294. The first-order chi connectivity index (χ1) is 10.1. The maximum absolute atomic E-state index is 11.2. The third-order valence-corrected chi connectivity index (χ3v) is 3.15. The molecule has 0 amide bonds. The molecular weight excluding hydrogens is 264 g/mol. The molecule has 0 unspecified atom stereocenters. The lowest BCUT2D eigenvalue weighted by Crippen LogP contribution is -2.01. The number of rotatable bonds is 5. The fourth-order valence-corrected chi connectivity index (χ4v) is 2.11. The quantitative estimate of drug-likeness (QED) is 0.625. The van der Waals surface area contributed by atoms with Gasteiger partial charge >= 0.3 is 5.97 Å². The highest BCUT2D eigenvalue weighted by molar-refractivity contribution is 5.87. The average molecular weight is 284 g/mol. The van der Waals surface area contributed by atoms with Gasteiger partial charge in [0, 0.05) is 17.8 Å². The highest BCUT2D eigenvalue weighted by Crippen LogP contribution is 2.19. The summed E-state index contributed by atoms with van der Waals surface area (Å²) in [6, 6.07) is 10.2. The maximum atomic E-state index is 11.2. The zero-order valence-electron chi connectivity index (χ0n) is 12.6. The number of nitrogens with zero attached hydrogens (tertiary/aromatic N) is 2. The molecule has 4 heteroatoms. The molecule has 4 nitrogen and oxygen atoms in total. The molecule has 1 heterocycles. The van der Waals surface area contributed by atoms with Crippen LogP contribution in [0.2, 0.25) is 0 Å². The van der Waals surface area contributed by atoms with E-state index in [0.29, 0.717) is 12.5 Å². The molecule has 0 spiro atoms. The third kappa shape index (κ3) is 4.05. The van der Waals surface area contributed by atoms with Crippen molar-refractivity contribution in [3.63, 3.8) is 0 Å². The minimum absolute atomic E-state index is 0.291. The van der Waals surface area contributed by atoms with E-state index in [-0.39, 0.29) is 5.97 Å². The molecule has 0 saturated heterocycles. The van der Waals surface area contributed by atoms with Crippen molar-refractivity contribution >= 4 is 12.0 Å². The second-order valence-corrected chi connectivity index (χ2v) is 5.16. The summed E-state index contributed by atoms with van der Waals surface area (Å²) in [7, 11) is 1.37. The number of benzene rings is 1. The van der Waals surface area contributed by atoms with Crippen molar-refractivity contribution in [3.8, 4) is 0 Å². The Labute approximate surface area is 125 Å². The Morgan fingerprint density at radius 2 is 2.05 bits per heavy atom. The number of aromatic nitrogens is 2. The van der Waals surface area contributed by atoms with Gasteiger partial charge in [-0.05, 0) is 17.6 Å². The van der Waals surface area contributed by atoms with Gasteiger partial charge < -0.3 is 4.74 Å². The SMILES string of the molecule is COC(=O)/C=C/c1cn(Cc2ccccc2)nc1C(C)C. The van der Waals surface area contributed by atoms with Crippen LogP contribution in [-0.4, -0.2) is 22.9 Å². The molecule has 110 valence electrons. The molecule has 0 radical (unpaired) electrons. The topological polar surface area (TPSA) is 44.1 Å². The van der Waals surface area contributed by atoms with E-state index in [1.807, 2.05) is 29.1 Å². The molecule has 1 aromatic carbocycles. The van der Waals surface area contributed by atoms with Crippen LogP contribution >= 0.6 is 0 Å². The second-order valence-electron chi connectivity index (χ2n) is 5.16. The Balaban J connectivity index is 2.24. The lowest BCUT2D eigenvalue weighted by Gasteiger charge is -2.02. The number of esters is 1. The van der Waals surface area contributed by atoms with Gasteiger partial charge in [-0.3, -0.25) is 4.68 Å². The molecule has 0 aliphatic rings. The lowest BCUT2D eigenvalue weighted by atomic mass is 10.1. The molecule has 0 fully saturated rings. The Kier molecular flexibility index (Phi) is 4.93. The van der Waals surface area contributed by atoms with Gasteiger partial charge in [-0.2, -0.15) is 5.10 Å². The van der Waals surface area contributed by atoms with Crippen LogP contribution < -0.4 is 0 Å². The van der Waals surface area contributed by atoms with Crippen LogP contribution in [-0.2, 0) is 16.1 Å². The van der Waals surface area contributed by atoms with Gasteiger partial charge in [-0.1, -0.05) is 44.2 Å². The van der Waals surface area contributed by atoms with E-state index in [4.69, 9.17) is 0 Å². The van der Waals surface area contributed by atoms with Crippen molar-refractivity contribution in [2.75, 3.05) is 7.11 Å². The largest absolute Gasteiger partial charge is 0.466 e. The van der Waals surface area contributed by atoms with E-state index in [1.54, 1.807) is 6.08 Å². The molecule has 0 saturated carbocycles. The van der Waals surface area contributed by atoms with Gasteiger partial charge in [0.05, 0.1) is 19.3 Å². The average Bonchev–Trinajstić information content (AvgIpc) is 2.89. The van der Waals surface area contributed by atoms with Crippen molar-refractivity contribution in [1.29, 1.82) is 0 Å². The van der Waals surface area contributed by atoms with Gasteiger partial charge in [0.2, 0.25) is 0 Å². The van der Waals surface area contributed by atoms with Crippen LogP contribution in [0.5, 0.6) is 0 Å². The molecule has 2 rings (SSSR count). The Hall–Kier alpha value is -2.36. The summed E-state index contributed by atoms with van der Waals surface area (Å²) in [4.78, 5) is 11.2. The minimum Gasteiger partial charge on any atom is -0.466 e. The first kappa shape index (κ1) is 15.0. The first-order valence-electron chi connectivity index (χ1n) is 6.97. The van der Waals surface area contributed by atoms with Crippen LogP contribution in [0.15, 0.2) is 42.6 Å². The van der Waals surface area contributed by atoms with E-state index < -0.39 is 0 Å². The number of methoxy groups -OCH3 is 1. The van der Waals surface area contributed by atoms with Gasteiger partial charge in [0.1, 0.15) is 0 Å². The van der Waals surface area contributed by atoms with Gasteiger partial charge in [0.15, 0.2) is 0 Å². The molecule has 1 aromatic heterocycles. The molecule has 2 aromatic rings.